The van der Waals surface area contributed by atoms with Gasteiger partial charge in [-0.3, -0.25) is 4.79 Å². The van der Waals surface area contributed by atoms with Crippen molar-refractivity contribution in [2.24, 2.45) is 5.92 Å². The third-order valence-corrected chi connectivity index (χ3v) is 3.33. The van der Waals surface area contributed by atoms with Crippen molar-refractivity contribution in [1.29, 1.82) is 0 Å². The SMILES string of the molecule is O=C(NCC1CNC1)c1cccc(-n2ccnc2)c1. The molecule has 1 aliphatic rings. The Morgan fingerprint density at radius 3 is 3.05 bits per heavy atom. The first-order valence-corrected chi connectivity index (χ1v) is 6.40. The molecule has 0 unspecified atom stereocenters. The number of hydrogen-bond acceptors (Lipinski definition) is 3. The third-order valence-electron chi connectivity index (χ3n) is 3.33. The number of aromatic nitrogens is 2. The van der Waals surface area contributed by atoms with E-state index in [2.05, 4.69) is 15.6 Å². The van der Waals surface area contributed by atoms with Gasteiger partial charge in [0.1, 0.15) is 0 Å². The van der Waals surface area contributed by atoms with Crippen LogP contribution >= 0.6 is 0 Å². The van der Waals surface area contributed by atoms with E-state index in [4.69, 9.17) is 0 Å². The van der Waals surface area contributed by atoms with Gasteiger partial charge in [-0.05, 0) is 18.2 Å². The molecule has 2 aromatic rings. The van der Waals surface area contributed by atoms with Crippen LogP contribution in [0, 0.1) is 5.92 Å². The van der Waals surface area contributed by atoms with Crippen molar-refractivity contribution in [3.8, 4) is 5.69 Å². The van der Waals surface area contributed by atoms with Crippen molar-refractivity contribution in [2.45, 2.75) is 0 Å². The van der Waals surface area contributed by atoms with Gasteiger partial charge in [0, 0.05) is 49.2 Å². The summed E-state index contributed by atoms with van der Waals surface area (Å²) in [4.78, 5) is 16.1. The number of nitrogens with one attached hydrogen (secondary N) is 2. The summed E-state index contributed by atoms with van der Waals surface area (Å²) in [6.45, 7) is 2.73. The minimum Gasteiger partial charge on any atom is -0.352 e. The van der Waals surface area contributed by atoms with Crippen molar-refractivity contribution >= 4 is 5.91 Å². The molecule has 1 aromatic heterocycles. The largest absolute Gasteiger partial charge is 0.352 e. The molecule has 5 nitrogen and oxygen atoms in total. The first kappa shape index (κ1) is 11.9. The Morgan fingerprint density at radius 1 is 1.47 bits per heavy atom. The number of nitrogens with zero attached hydrogens (tertiary/aromatic N) is 2. The highest BCUT2D eigenvalue weighted by molar-refractivity contribution is 5.94. The van der Waals surface area contributed by atoms with E-state index >= 15 is 0 Å². The summed E-state index contributed by atoms with van der Waals surface area (Å²) in [5.41, 5.74) is 1.62. The van der Waals surface area contributed by atoms with Gasteiger partial charge in [-0.2, -0.15) is 0 Å². The lowest BCUT2D eigenvalue weighted by Crippen LogP contribution is -2.48. The molecule has 0 saturated carbocycles. The van der Waals surface area contributed by atoms with Crippen LogP contribution in [0.25, 0.3) is 5.69 Å². The number of benzene rings is 1. The zero-order valence-corrected chi connectivity index (χ0v) is 10.5. The van der Waals surface area contributed by atoms with E-state index in [1.54, 1.807) is 12.5 Å². The van der Waals surface area contributed by atoms with Gasteiger partial charge < -0.3 is 15.2 Å². The highest BCUT2D eigenvalue weighted by atomic mass is 16.1. The van der Waals surface area contributed by atoms with Gasteiger partial charge >= 0.3 is 0 Å². The van der Waals surface area contributed by atoms with Crippen LogP contribution in [0.15, 0.2) is 43.0 Å². The fourth-order valence-corrected chi connectivity index (χ4v) is 2.05. The Hall–Kier alpha value is -2.14. The Balaban J connectivity index is 1.69. The summed E-state index contributed by atoms with van der Waals surface area (Å²) in [5.74, 6) is 0.551. The molecule has 0 atom stereocenters. The minimum absolute atomic E-state index is 0.0196. The van der Waals surface area contributed by atoms with E-state index in [0.29, 0.717) is 11.5 Å². The molecule has 3 rings (SSSR count). The highest BCUT2D eigenvalue weighted by Gasteiger charge is 2.17. The lowest BCUT2D eigenvalue weighted by Gasteiger charge is -2.27. The maximum absolute atomic E-state index is 12.1. The maximum Gasteiger partial charge on any atom is 0.251 e. The van der Waals surface area contributed by atoms with Crippen molar-refractivity contribution in [3.05, 3.63) is 48.5 Å². The predicted molar refractivity (Wildman–Crippen MR) is 72.3 cm³/mol. The minimum atomic E-state index is -0.0196. The van der Waals surface area contributed by atoms with Crippen LogP contribution in [0.4, 0.5) is 0 Å². The quantitative estimate of drug-likeness (QED) is 0.851. The molecule has 1 saturated heterocycles. The van der Waals surface area contributed by atoms with Gasteiger partial charge in [0.15, 0.2) is 0 Å². The summed E-state index contributed by atoms with van der Waals surface area (Å²) >= 11 is 0. The number of hydrogen-bond donors (Lipinski definition) is 2. The first-order chi connectivity index (χ1) is 9.33. The molecule has 0 spiro atoms. The molecule has 1 fully saturated rings. The molecule has 2 N–H and O–H groups in total. The van der Waals surface area contributed by atoms with Crippen molar-refractivity contribution < 1.29 is 4.79 Å². The number of rotatable bonds is 4. The van der Waals surface area contributed by atoms with Crippen LogP contribution < -0.4 is 10.6 Å². The van der Waals surface area contributed by atoms with Crippen LogP contribution in [-0.2, 0) is 0 Å². The fourth-order valence-electron chi connectivity index (χ4n) is 2.05. The fraction of sp³-hybridized carbons (Fsp3) is 0.286. The van der Waals surface area contributed by atoms with E-state index in [-0.39, 0.29) is 5.91 Å². The van der Waals surface area contributed by atoms with Crippen LogP contribution in [0.2, 0.25) is 0 Å². The van der Waals surface area contributed by atoms with Crippen molar-refractivity contribution in [2.75, 3.05) is 19.6 Å². The summed E-state index contributed by atoms with van der Waals surface area (Å²) < 4.78 is 1.88. The molecule has 98 valence electrons. The predicted octanol–water partition coefficient (Wildman–Crippen LogP) is 0.821. The Kier molecular flexibility index (Phi) is 3.29. The molecule has 2 heterocycles. The van der Waals surface area contributed by atoms with Gasteiger partial charge in [0.25, 0.3) is 5.91 Å². The van der Waals surface area contributed by atoms with E-state index in [1.165, 1.54) is 0 Å². The number of carbonyl (C=O) groups excluding carboxylic acids is 1. The average Bonchev–Trinajstić information content (AvgIpc) is 2.91. The highest BCUT2D eigenvalue weighted by Crippen LogP contribution is 2.10. The maximum atomic E-state index is 12.1. The second-order valence-electron chi connectivity index (χ2n) is 4.75. The van der Waals surface area contributed by atoms with Crippen LogP contribution in [0.3, 0.4) is 0 Å². The zero-order valence-electron chi connectivity index (χ0n) is 10.5. The van der Waals surface area contributed by atoms with Crippen LogP contribution in [0.1, 0.15) is 10.4 Å². The lowest BCUT2D eigenvalue weighted by atomic mass is 10.0. The molecule has 0 bridgehead atoms. The number of amides is 1. The molecule has 1 amide bonds. The second-order valence-corrected chi connectivity index (χ2v) is 4.75. The summed E-state index contributed by atoms with van der Waals surface area (Å²) in [5, 5.41) is 6.16. The summed E-state index contributed by atoms with van der Waals surface area (Å²) in [7, 11) is 0. The van der Waals surface area contributed by atoms with Crippen LogP contribution in [0.5, 0.6) is 0 Å². The summed E-state index contributed by atoms with van der Waals surface area (Å²) in [6.07, 6.45) is 5.30. The zero-order chi connectivity index (χ0) is 13.1. The first-order valence-electron chi connectivity index (χ1n) is 6.40. The Bertz CT molecular complexity index is 561. The number of imidazole rings is 1. The molecular formula is C14H16N4O. The van der Waals surface area contributed by atoms with Crippen molar-refractivity contribution in [1.82, 2.24) is 20.2 Å². The van der Waals surface area contributed by atoms with Crippen LogP contribution in [-0.4, -0.2) is 35.1 Å². The van der Waals surface area contributed by atoms with E-state index in [1.807, 2.05) is 35.0 Å². The normalized spacial score (nSPS) is 14.9. The average molecular weight is 256 g/mol. The summed E-state index contributed by atoms with van der Waals surface area (Å²) in [6, 6.07) is 7.54. The van der Waals surface area contributed by atoms with Gasteiger partial charge in [-0.15, -0.1) is 0 Å². The van der Waals surface area contributed by atoms with E-state index in [9.17, 15) is 4.79 Å². The topological polar surface area (TPSA) is 59.0 Å². The molecule has 5 heteroatoms. The standard InChI is InChI=1S/C14H16N4O/c19-14(17-9-11-7-16-8-11)12-2-1-3-13(6-12)18-5-4-15-10-18/h1-6,10-11,16H,7-9H2,(H,17,19). The third kappa shape index (κ3) is 2.66. The van der Waals surface area contributed by atoms with Gasteiger partial charge in [-0.1, -0.05) is 6.07 Å². The molecule has 0 aliphatic carbocycles. The lowest BCUT2D eigenvalue weighted by molar-refractivity contribution is 0.0942. The Labute approximate surface area is 111 Å². The molecule has 0 radical (unpaired) electrons. The van der Waals surface area contributed by atoms with E-state index < -0.39 is 0 Å². The van der Waals surface area contributed by atoms with E-state index in [0.717, 1.165) is 25.3 Å². The number of carbonyl (C=O) groups is 1. The molecule has 1 aliphatic heterocycles. The Morgan fingerprint density at radius 2 is 2.37 bits per heavy atom. The monoisotopic (exact) mass is 256 g/mol. The second kappa shape index (κ2) is 5.24. The van der Waals surface area contributed by atoms with Gasteiger partial charge in [-0.25, -0.2) is 4.98 Å². The molecule has 1 aromatic carbocycles. The molecule has 19 heavy (non-hydrogen) atoms. The van der Waals surface area contributed by atoms with Crippen molar-refractivity contribution in [3.63, 3.8) is 0 Å². The smallest absolute Gasteiger partial charge is 0.251 e. The van der Waals surface area contributed by atoms with Gasteiger partial charge in [0.2, 0.25) is 0 Å². The molecular weight excluding hydrogens is 240 g/mol. The van der Waals surface area contributed by atoms with Gasteiger partial charge in [0.05, 0.1) is 6.33 Å².